The fraction of sp³-hybridized carbons (Fsp3) is 0.182. The monoisotopic (exact) mass is 422 g/mol. The van der Waals surface area contributed by atoms with E-state index in [-0.39, 0.29) is 26.8 Å². The fourth-order valence-electron chi connectivity index (χ4n) is 3.20. The van der Waals surface area contributed by atoms with Gasteiger partial charge in [0.05, 0.1) is 4.90 Å². The van der Waals surface area contributed by atoms with Crippen molar-refractivity contribution in [2.24, 2.45) is 0 Å². The number of hydrogen-bond acceptors (Lipinski definition) is 5. The third-order valence-corrected chi connectivity index (χ3v) is 6.73. The van der Waals surface area contributed by atoms with Gasteiger partial charge in [-0.2, -0.15) is 4.52 Å². The van der Waals surface area contributed by atoms with Crippen molar-refractivity contribution in [1.82, 2.24) is 14.6 Å². The van der Waals surface area contributed by atoms with E-state index in [2.05, 4.69) is 15.4 Å². The Morgan fingerprint density at radius 3 is 2.20 bits per heavy atom. The summed E-state index contributed by atoms with van der Waals surface area (Å²) in [5, 5.41) is 5.99. The summed E-state index contributed by atoms with van der Waals surface area (Å²) in [6, 6.07) is 15.5. The van der Waals surface area contributed by atoms with Gasteiger partial charge in [-0.1, -0.05) is 42.3 Å². The van der Waals surface area contributed by atoms with Crippen LogP contribution in [0.4, 0.5) is 11.5 Å². The summed E-state index contributed by atoms with van der Waals surface area (Å²) < 4.78 is 28.3. The molecule has 4 aromatic rings. The molecule has 4 rings (SSSR count). The zero-order chi connectivity index (χ0) is 21.5. The predicted molar refractivity (Wildman–Crippen MR) is 116 cm³/mol. The van der Waals surface area contributed by atoms with Crippen LogP contribution in [0.25, 0.3) is 5.65 Å². The van der Waals surface area contributed by atoms with E-state index in [1.165, 1.54) is 6.07 Å². The Morgan fingerprint density at radius 1 is 1.00 bits per heavy atom. The highest BCUT2D eigenvalue weighted by molar-refractivity contribution is 7.91. The third kappa shape index (κ3) is 3.50. The molecule has 0 bridgehead atoms. The van der Waals surface area contributed by atoms with Crippen LogP contribution in [0.5, 0.6) is 0 Å². The second kappa shape index (κ2) is 7.46. The van der Waals surface area contributed by atoms with Crippen LogP contribution in [0.2, 0.25) is 0 Å². The van der Waals surface area contributed by atoms with Gasteiger partial charge in [-0.15, -0.1) is 0 Å². The summed E-state index contributed by atoms with van der Waals surface area (Å²) in [6.07, 6.45) is 0.516. The molecule has 0 unspecified atom stereocenters. The predicted octanol–water partition coefficient (Wildman–Crippen LogP) is 3.78. The van der Waals surface area contributed by atoms with Crippen LogP contribution in [0, 0.1) is 13.8 Å². The average molecular weight is 423 g/mol. The van der Waals surface area contributed by atoms with Crippen molar-refractivity contribution >= 4 is 27.0 Å². The minimum atomic E-state index is -3.96. The van der Waals surface area contributed by atoms with Gasteiger partial charge in [-0.25, -0.2) is 13.4 Å². The number of H-pyrrole nitrogens is 1. The van der Waals surface area contributed by atoms with Crippen LogP contribution in [0.15, 0.2) is 69.2 Å². The lowest BCUT2D eigenvalue weighted by Gasteiger charge is -2.09. The average Bonchev–Trinajstić information content (AvgIpc) is 3.09. The maximum atomic E-state index is 13.6. The molecule has 0 fully saturated rings. The van der Waals surface area contributed by atoms with Gasteiger partial charge in [0.25, 0.3) is 5.56 Å². The quantitative estimate of drug-likeness (QED) is 0.510. The second-order valence-electron chi connectivity index (χ2n) is 7.22. The van der Waals surface area contributed by atoms with E-state index in [9.17, 15) is 13.2 Å². The second-order valence-corrected chi connectivity index (χ2v) is 9.11. The summed E-state index contributed by atoms with van der Waals surface area (Å²) in [5.74, 6) is 0.192. The number of rotatable bonds is 5. The topological polar surface area (TPSA) is 96.3 Å². The summed E-state index contributed by atoms with van der Waals surface area (Å²) >= 11 is 0. The Hall–Kier alpha value is -3.39. The van der Waals surface area contributed by atoms with E-state index >= 15 is 0 Å². The number of anilines is 2. The lowest BCUT2D eigenvalue weighted by molar-refractivity contribution is 0.597. The third-order valence-electron chi connectivity index (χ3n) is 4.91. The summed E-state index contributed by atoms with van der Waals surface area (Å²) in [4.78, 5) is 17.1. The molecule has 8 heteroatoms. The number of aryl methyl sites for hydroxylation is 3. The van der Waals surface area contributed by atoms with Crippen molar-refractivity contribution in [1.29, 1.82) is 0 Å². The van der Waals surface area contributed by atoms with Crippen molar-refractivity contribution in [3.05, 3.63) is 81.8 Å². The zero-order valence-corrected chi connectivity index (χ0v) is 17.7. The van der Waals surface area contributed by atoms with Gasteiger partial charge in [0, 0.05) is 17.4 Å². The maximum absolute atomic E-state index is 13.6. The van der Waals surface area contributed by atoms with Gasteiger partial charge in [0.15, 0.2) is 10.5 Å². The number of nitrogens with one attached hydrogen (secondary N) is 2. The standard InChI is InChI=1S/C22H22N4O3S/c1-4-16-13-19(27)26-22(24-16)20(30(28,29)18-11-7-15(3)8-12-18)21(25-26)23-17-9-5-14(2)6-10-17/h5-13,23,25H,4H2,1-3H3. The molecule has 0 radical (unpaired) electrons. The Kier molecular flexibility index (Phi) is 4.95. The Balaban J connectivity index is 1.99. The van der Waals surface area contributed by atoms with E-state index in [4.69, 9.17) is 0 Å². The number of aromatic nitrogens is 3. The molecule has 154 valence electrons. The van der Waals surface area contributed by atoms with E-state index < -0.39 is 9.84 Å². The molecule has 30 heavy (non-hydrogen) atoms. The molecule has 0 aliphatic heterocycles. The van der Waals surface area contributed by atoms with Gasteiger partial charge in [0.2, 0.25) is 9.84 Å². The Morgan fingerprint density at radius 2 is 1.60 bits per heavy atom. The van der Waals surface area contributed by atoms with E-state index in [0.29, 0.717) is 17.8 Å². The molecule has 2 aromatic heterocycles. The largest absolute Gasteiger partial charge is 0.339 e. The first-order valence-electron chi connectivity index (χ1n) is 9.59. The summed E-state index contributed by atoms with van der Waals surface area (Å²) in [7, 11) is -3.96. The minimum absolute atomic E-state index is 0.0562. The van der Waals surface area contributed by atoms with Crippen LogP contribution in [0.3, 0.4) is 0 Å². The molecule has 2 aromatic carbocycles. The SMILES string of the molecule is CCc1cc(=O)n2[nH]c(Nc3ccc(C)cc3)c(S(=O)(=O)c3ccc(C)cc3)c2n1. The highest BCUT2D eigenvalue weighted by atomic mass is 32.2. The van der Waals surface area contributed by atoms with Gasteiger partial charge < -0.3 is 5.32 Å². The summed E-state index contributed by atoms with van der Waals surface area (Å²) in [6.45, 7) is 5.72. The maximum Gasteiger partial charge on any atom is 0.272 e. The molecule has 0 amide bonds. The number of sulfone groups is 1. The van der Waals surface area contributed by atoms with Gasteiger partial charge in [0.1, 0.15) is 5.82 Å². The Labute approximate surface area is 174 Å². The highest BCUT2D eigenvalue weighted by Crippen LogP contribution is 2.32. The number of hydrogen-bond donors (Lipinski definition) is 2. The van der Waals surface area contributed by atoms with Crippen molar-refractivity contribution < 1.29 is 8.42 Å². The number of aromatic amines is 1. The molecule has 0 spiro atoms. The van der Waals surface area contributed by atoms with Gasteiger partial charge in [-0.05, 0) is 44.5 Å². The zero-order valence-electron chi connectivity index (χ0n) is 16.9. The number of nitrogens with zero attached hydrogens (tertiary/aromatic N) is 2. The molecule has 0 aliphatic rings. The van der Waals surface area contributed by atoms with Crippen LogP contribution in [-0.4, -0.2) is 23.0 Å². The van der Waals surface area contributed by atoms with E-state index in [1.807, 2.05) is 45.0 Å². The molecule has 0 saturated heterocycles. The highest BCUT2D eigenvalue weighted by Gasteiger charge is 2.29. The van der Waals surface area contributed by atoms with Crippen molar-refractivity contribution in [3.63, 3.8) is 0 Å². The van der Waals surface area contributed by atoms with Crippen molar-refractivity contribution in [2.75, 3.05) is 5.32 Å². The first-order valence-corrected chi connectivity index (χ1v) is 11.1. The first kappa shape index (κ1) is 19.9. The number of fused-ring (bicyclic) bond motifs is 1. The molecule has 0 aliphatic carbocycles. The van der Waals surface area contributed by atoms with Gasteiger partial charge in [-0.3, -0.25) is 9.89 Å². The Bertz CT molecular complexity index is 1380. The molecule has 0 atom stereocenters. The van der Waals surface area contributed by atoms with Crippen molar-refractivity contribution in [3.8, 4) is 0 Å². The minimum Gasteiger partial charge on any atom is -0.339 e. The normalized spacial score (nSPS) is 11.7. The van der Waals surface area contributed by atoms with Crippen LogP contribution < -0.4 is 10.9 Å². The van der Waals surface area contributed by atoms with E-state index in [1.54, 1.807) is 24.3 Å². The molecule has 2 N–H and O–H groups in total. The van der Waals surface area contributed by atoms with Crippen LogP contribution >= 0.6 is 0 Å². The fourth-order valence-corrected chi connectivity index (χ4v) is 4.67. The molecule has 7 nitrogen and oxygen atoms in total. The van der Waals surface area contributed by atoms with Gasteiger partial charge >= 0.3 is 0 Å². The van der Waals surface area contributed by atoms with E-state index in [0.717, 1.165) is 15.6 Å². The molecular weight excluding hydrogens is 400 g/mol. The molecular formula is C22H22N4O3S. The van der Waals surface area contributed by atoms with Crippen molar-refractivity contribution in [2.45, 2.75) is 37.0 Å². The number of benzene rings is 2. The first-order chi connectivity index (χ1) is 14.3. The molecule has 2 heterocycles. The smallest absolute Gasteiger partial charge is 0.272 e. The molecule has 0 saturated carbocycles. The lowest BCUT2D eigenvalue weighted by atomic mass is 10.2. The van der Waals surface area contributed by atoms with Crippen LogP contribution in [0.1, 0.15) is 23.7 Å². The van der Waals surface area contributed by atoms with Crippen LogP contribution in [-0.2, 0) is 16.3 Å². The summed E-state index contributed by atoms with van der Waals surface area (Å²) in [5.41, 5.74) is 2.96. The lowest BCUT2D eigenvalue weighted by Crippen LogP contribution is -2.16.